The predicted octanol–water partition coefficient (Wildman–Crippen LogP) is 1.63. The van der Waals surface area contributed by atoms with Crippen LogP contribution in [0, 0.1) is 6.92 Å². The van der Waals surface area contributed by atoms with Crippen molar-refractivity contribution >= 4 is 35.8 Å². The maximum Gasteiger partial charge on any atom is 0.243 e. The van der Waals surface area contributed by atoms with Crippen molar-refractivity contribution < 1.29 is 9.53 Å². The second kappa shape index (κ2) is 12.9. The number of likely N-dealkylation sites (N-methyl/N-ethyl adjacent to an activating group) is 1. The minimum atomic E-state index is -0.0179. The number of halogens is 1. The Kier molecular flexibility index (Phi) is 11.4. The number of ether oxygens (including phenoxy) is 1. The quantitative estimate of drug-likeness (QED) is 0.337. The Morgan fingerprint density at radius 1 is 1.29 bits per heavy atom. The third-order valence-electron chi connectivity index (χ3n) is 4.59. The van der Waals surface area contributed by atoms with Gasteiger partial charge in [0.15, 0.2) is 5.96 Å². The molecule has 7 nitrogen and oxygen atoms in total. The Morgan fingerprint density at radius 2 is 2.00 bits per heavy atom. The van der Waals surface area contributed by atoms with E-state index >= 15 is 0 Å². The topological polar surface area (TPSA) is 69.2 Å². The summed E-state index contributed by atoms with van der Waals surface area (Å²) in [6.45, 7) is 9.06. The molecule has 0 spiro atoms. The summed E-state index contributed by atoms with van der Waals surface area (Å²) < 4.78 is 5.52. The molecule has 1 atom stereocenters. The van der Waals surface area contributed by atoms with Gasteiger partial charge in [-0.15, -0.1) is 24.0 Å². The Morgan fingerprint density at radius 3 is 2.61 bits per heavy atom. The smallest absolute Gasteiger partial charge is 0.243 e. The van der Waals surface area contributed by atoms with Crippen molar-refractivity contribution in [3.05, 3.63) is 35.4 Å². The summed E-state index contributed by atoms with van der Waals surface area (Å²) in [7, 11) is 3.48. The van der Waals surface area contributed by atoms with Gasteiger partial charge in [-0.25, -0.2) is 4.99 Å². The molecular weight excluding hydrogens is 469 g/mol. The third kappa shape index (κ3) is 7.92. The lowest BCUT2D eigenvalue weighted by atomic mass is 10.0. The average molecular weight is 503 g/mol. The first-order chi connectivity index (χ1) is 13.0. The highest BCUT2D eigenvalue weighted by molar-refractivity contribution is 14.0. The van der Waals surface area contributed by atoms with Crippen LogP contribution in [0.1, 0.15) is 24.1 Å². The highest BCUT2D eigenvalue weighted by atomic mass is 127. The van der Waals surface area contributed by atoms with Crippen molar-refractivity contribution in [2.75, 3.05) is 60.0 Å². The largest absolute Gasteiger partial charge is 0.379 e. The van der Waals surface area contributed by atoms with E-state index in [0.29, 0.717) is 12.5 Å². The zero-order valence-corrected chi connectivity index (χ0v) is 19.7. The molecule has 1 unspecified atom stereocenters. The molecule has 0 radical (unpaired) electrons. The molecule has 0 saturated carbocycles. The molecule has 8 heteroatoms. The van der Waals surface area contributed by atoms with E-state index in [1.807, 2.05) is 6.92 Å². The minimum Gasteiger partial charge on any atom is -0.379 e. The molecule has 158 valence electrons. The van der Waals surface area contributed by atoms with Crippen molar-refractivity contribution in [2.45, 2.75) is 19.9 Å². The lowest BCUT2D eigenvalue weighted by molar-refractivity contribution is -0.127. The van der Waals surface area contributed by atoms with Crippen LogP contribution in [0.2, 0.25) is 0 Å². The highest BCUT2D eigenvalue weighted by Gasteiger charge is 2.23. The molecule has 1 aliphatic rings. The number of nitrogens with zero attached hydrogens (tertiary/aromatic N) is 3. The monoisotopic (exact) mass is 503 g/mol. The molecule has 1 fully saturated rings. The molecular formula is C20H34IN5O2. The zero-order valence-electron chi connectivity index (χ0n) is 17.4. The molecule has 1 heterocycles. The van der Waals surface area contributed by atoms with Gasteiger partial charge < -0.3 is 20.3 Å². The summed E-state index contributed by atoms with van der Waals surface area (Å²) in [5, 5.41) is 6.64. The second-order valence-electron chi connectivity index (χ2n) is 6.94. The number of aryl methyl sites for hydroxylation is 1. The number of hydrogen-bond acceptors (Lipinski definition) is 4. The van der Waals surface area contributed by atoms with Crippen molar-refractivity contribution in [3.63, 3.8) is 0 Å². The summed E-state index contributed by atoms with van der Waals surface area (Å²) in [6.07, 6.45) is 0. The molecule has 0 bridgehead atoms. The summed E-state index contributed by atoms with van der Waals surface area (Å²) in [4.78, 5) is 20.3. The van der Waals surface area contributed by atoms with E-state index in [1.165, 1.54) is 11.1 Å². The third-order valence-corrected chi connectivity index (χ3v) is 4.59. The van der Waals surface area contributed by atoms with Gasteiger partial charge >= 0.3 is 0 Å². The standard InChI is InChI=1S/C20H33N5O2.HI/c1-5-21-20(23-15-19(26)24(3)4)22-14-18(25-9-11-27-12-10-25)17-8-6-7-16(2)13-17;/h6-8,13,18H,5,9-12,14-15H2,1-4H3,(H2,21,22,23);1H. The van der Waals surface area contributed by atoms with E-state index in [-0.39, 0.29) is 42.5 Å². The normalized spacial score (nSPS) is 16.1. The van der Waals surface area contributed by atoms with Crippen LogP contribution in [-0.2, 0) is 9.53 Å². The summed E-state index contributed by atoms with van der Waals surface area (Å²) >= 11 is 0. The number of morpholine rings is 1. The van der Waals surface area contributed by atoms with E-state index in [9.17, 15) is 4.79 Å². The maximum atomic E-state index is 11.8. The molecule has 1 aromatic rings. The fourth-order valence-corrected chi connectivity index (χ4v) is 3.05. The Hall–Kier alpha value is -1.39. The summed E-state index contributed by atoms with van der Waals surface area (Å²) in [6, 6.07) is 8.86. The maximum absolute atomic E-state index is 11.8. The SMILES string of the molecule is CCNC(=NCC(=O)N(C)C)NCC(c1cccc(C)c1)N1CCOCC1.I. The summed E-state index contributed by atoms with van der Waals surface area (Å²) in [5.74, 6) is 0.647. The zero-order chi connectivity index (χ0) is 19.6. The van der Waals surface area contributed by atoms with E-state index in [4.69, 9.17) is 4.74 Å². The number of benzene rings is 1. The van der Waals surface area contributed by atoms with Gasteiger partial charge in [-0.1, -0.05) is 29.8 Å². The van der Waals surface area contributed by atoms with Crippen LogP contribution in [-0.4, -0.2) is 81.7 Å². The van der Waals surface area contributed by atoms with Gasteiger partial charge in [-0.2, -0.15) is 0 Å². The van der Waals surface area contributed by atoms with Crippen LogP contribution in [0.5, 0.6) is 0 Å². The van der Waals surface area contributed by atoms with Gasteiger partial charge in [-0.3, -0.25) is 9.69 Å². The van der Waals surface area contributed by atoms with Crippen molar-refractivity contribution in [1.29, 1.82) is 0 Å². The van der Waals surface area contributed by atoms with Crippen LogP contribution < -0.4 is 10.6 Å². The van der Waals surface area contributed by atoms with E-state index in [2.05, 4.69) is 51.7 Å². The molecule has 0 aromatic heterocycles. The van der Waals surface area contributed by atoms with Crippen LogP contribution in [0.15, 0.2) is 29.3 Å². The molecule has 1 aliphatic heterocycles. The fourth-order valence-electron chi connectivity index (χ4n) is 3.05. The predicted molar refractivity (Wildman–Crippen MR) is 124 cm³/mol. The molecule has 0 aliphatic carbocycles. The van der Waals surface area contributed by atoms with Gasteiger partial charge in [-0.05, 0) is 19.4 Å². The Labute approximate surface area is 185 Å². The number of nitrogens with one attached hydrogen (secondary N) is 2. The molecule has 2 rings (SSSR count). The molecule has 1 aromatic carbocycles. The number of guanidine groups is 1. The lowest BCUT2D eigenvalue weighted by Gasteiger charge is -2.35. The van der Waals surface area contributed by atoms with Crippen molar-refractivity contribution in [3.8, 4) is 0 Å². The molecule has 28 heavy (non-hydrogen) atoms. The molecule has 2 N–H and O–H groups in total. The van der Waals surface area contributed by atoms with Crippen LogP contribution in [0.3, 0.4) is 0 Å². The number of hydrogen-bond donors (Lipinski definition) is 2. The fraction of sp³-hybridized carbons (Fsp3) is 0.600. The van der Waals surface area contributed by atoms with Gasteiger partial charge in [0.25, 0.3) is 0 Å². The first-order valence-electron chi connectivity index (χ1n) is 9.62. The first-order valence-corrected chi connectivity index (χ1v) is 9.62. The average Bonchev–Trinajstić information content (AvgIpc) is 2.66. The minimum absolute atomic E-state index is 0. The Balaban J connectivity index is 0.00000392. The number of amides is 1. The van der Waals surface area contributed by atoms with Crippen molar-refractivity contribution in [2.24, 2.45) is 4.99 Å². The van der Waals surface area contributed by atoms with E-state index in [1.54, 1.807) is 19.0 Å². The second-order valence-corrected chi connectivity index (χ2v) is 6.94. The van der Waals surface area contributed by atoms with Gasteiger partial charge in [0.1, 0.15) is 6.54 Å². The number of carbonyl (C=O) groups is 1. The van der Waals surface area contributed by atoms with E-state index < -0.39 is 0 Å². The molecule has 1 saturated heterocycles. The van der Waals surface area contributed by atoms with Crippen molar-refractivity contribution in [1.82, 2.24) is 20.4 Å². The number of rotatable bonds is 7. The highest BCUT2D eigenvalue weighted by Crippen LogP contribution is 2.22. The molecule has 1 amide bonds. The Bertz CT molecular complexity index is 633. The van der Waals surface area contributed by atoms with Gasteiger partial charge in [0.2, 0.25) is 5.91 Å². The summed E-state index contributed by atoms with van der Waals surface area (Å²) in [5.41, 5.74) is 2.53. The van der Waals surface area contributed by atoms with Crippen LogP contribution in [0.4, 0.5) is 0 Å². The lowest BCUT2D eigenvalue weighted by Crippen LogP contribution is -2.46. The first kappa shape index (κ1) is 24.6. The number of aliphatic imine (C=N–C) groups is 1. The van der Waals surface area contributed by atoms with E-state index in [0.717, 1.165) is 32.8 Å². The van der Waals surface area contributed by atoms with Crippen LogP contribution >= 0.6 is 24.0 Å². The van der Waals surface area contributed by atoms with Gasteiger partial charge in [0.05, 0.1) is 19.3 Å². The van der Waals surface area contributed by atoms with Crippen LogP contribution in [0.25, 0.3) is 0 Å². The van der Waals surface area contributed by atoms with Gasteiger partial charge in [0, 0.05) is 40.3 Å². The number of carbonyl (C=O) groups excluding carboxylic acids is 1.